The Morgan fingerprint density at radius 2 is 1.30 bits per heavy atom. The highest BCUT2D eigenvalue weighted by atomic mass is 16.7. The van der Waals surface area contributed by atoms with Gasteiger partial charge in [0, 0.05) is 0 Å². The molecule has 17 heteroatoms. The van der Waals surface area contributed by atoms with Crippen molar-refractivity contribution in [3.63, 3.8) is 0 Å². The van der Waals surface area contributed by atoms with Crippen molar-refractivity contribution in [2.24, 2.45) is 0 Å². The van der Waals surface area contributed by atoms with Crippen molar-refractivity contribution in [3.05, 3.63) is 35.9 Å². The first-order valence-electron chi connectivity index (χ1n) is 13.7. The Morgan fingerprint density at radius 1 is 0.721 bits per heavy atom. The van der Waals surface area contributed by atoms with E-state index < -0.39 is 118 Å². The summed E-state index contributed by atoms with van der Waals surface area (Å²) in [6.45, 7) is -2.92. The molecule has 14 unspecified atom stereocenters. The molecule has 14 atom stereocenters. The Kier molecular flexibility index (Phi) is 11.6. The van der Waals surface area contributed by atoms with Gasteiger partial charge in [0.2, 0.25) is 0 Å². The molecule has 1 amide bonds. The number of amides is 1. The molecule has 0 saturated carbocycles. The van der Waals surface area contributed by atoms with E-state index in [-0.39, 0.29) is 6.61 Å². The first-order valence-corrected chi connectivity index (χ1v) is 13.7. The minimum Gasteiger partial charge on any atom is -0.445 e. The van der Waals surface area contributed by atoms with Gasteiger partial charge in [-0.1, -0.05) is 30.3 Å². The maximum Gasteiger partial charge on any atom is 0.410 e. The molecule has 43 heavy (non-hydrogen) atoms. The van der Waals surface area contributed by atoms with E-state index in [1.54, 1.807) is 30.3 Å². The summed E-state index contributed by atoms with van der Waals surface area (Å²) in [4.78, 5) is 13.8. The Hall–Kier alpha value is -2.07. The second kappa shape index (κ2) is 14.8. The number of rotatable bonds is 9. The van der Waals surface area contributed by atoms with E-state index in [0.717, 1.165) is 4.90 Å². The van der Waals surface area contributed by atoms with Crippen molar-refractivity contribution < 1.29 is 79.5 Å². The molecule has 3 fully saturated rings. The summed E-state index contributed by atoms with van der Waals surface area (Å²) in [5.74, 6) is 0. The standard InChI is InChI=1S/C26H39NO16/c28-7-12-22(16(32)13(31)6-27(12)26(38)39-10-11-4-2-1-3-5-11)42-25-21(37)19(35)23(15(9-30)41-25)43-24-20(36)18(34)17(33)14(8-29)40-24/h1-5,12-25,28-37H,6-10H2. The molecule has 1 aromatic carbocycles. The van der Waals surface area contributed by atoms with Gasteiger partial charge in [0.1, 0.15) is 73.8 Å². The highest BCUT2D eigenvalue weighted by Crippen LogP contribution is 2.32. The molecule has 4 rings (SSSR count). The van der Waals surface area contributed by atoms with E-state index in [2.05, 4.69) is 0 Å². The number of piperidine rings is 1. The van der Waals surface area contributed by atoms with Crippen molar-refractivity contribution in [1.29, 1.82) is 0 Å². The fraction of sp³-hybridized carbons (Fsp3) is 0.731. The van der Waals surface area contributed by atoms with Crippen LogP contribution in [0.3, 0.4) is 0 Å². The molecule has 17 nitrogen and oxygen atoms in total. The average Bonchev–Trinajstić information content (AvgIpc) is 3.01. The van der Waals surface area contributed by atoms with E-state index >= 15 is 0 Å². The monoisotopic (exact) mass is 621 g/mol. The molecule has 0 bridgehead atoms. The van der Waals surface area contributed by atoms with E-state index in [1.165, 1.54) is 0 Å². The Morgan fingerprint density at radius 3 is 1.91 bits per heavy atom. The first-order chi connectivity index (χ1) is 20.5. The molecule has 3 aliphatic rings. The number of carbonyl (C=O) groups is 1. The van der Waals surface area contributed by atoms with Crippen LogP contribution in [0.5, 0.6) is 0 Å². The number of hydrogen-bond donors (Lipinski definition) is 10. The first kappa shape index (κ1) is 33.8. The highest BCUT2D eigenvalue weighted by molar-refractivity contribution is 5.68. The zero-order valence-corrected chi connectivity index (χ0v) is 22.9. The van der Waals surface area contributed by atoms with Gasteiger partial charge in [-0.25, -0.2) is 4.79 Å². The van der Waals surface area contributed by atoms with E-state index in [4.69, 9.17) is 23.7 Å². The summed E-state index contributed by atoms with van der Waals surface area (Å²) in [7, 11) is 0. The quantitative estimate of drug-likeness (QED) is 0.123. The Labute approximate surface area is 245 Å². The largest absolute Gasteiger partial charge is 0.445 e. The van der Waals surface area contributed by atoms with Gasteiger partial charge in [-0.2, -0.15) is 0 Å². The summed E-state index contributed by atoms with van der Waals surface area (Å²) in [6.07, 6.45) is -22.9. The smallest absolute Gasteiger partial charge is 0.410 e. The minimum atomic E-state index is -1.96. The lowest BCUT2D eigenvalue weighted by Gasteiger charge is -2.49. The van der Waals surface area contributed by atoms with Crippen LogP contribution in [0.25, 0.3) is 0 Å². The second-order valence-corrected chi connectivity index (χ2v) is 10.6. The number of hydrogen-bond acceptors (Lipinski definition) is 16. The predicted molar refractivity (Wildman–Crippen MR) is 137 cm³/mol. The number of benzene rings is 1. The minimum absolute atomic E-state index is 0.122. The topological polar surface area (TPSA) is 269 Å². The van der Waals surface area contributed by atoms with Gasteiger partial charge in [0.25, 0.3) is 0 Å². The van der Waals surface area contributed by atoms with Crippen LogP contribution in [0.15, 0.2) is 30.3 Å². The van der Waals surface area contributed by atoms with Crippen LogP contribution < -0.4 is 0 Å². The zero-order chi connectivity index (χ0) is 31.4. The molecule has 0 radical (unpaired) electrons. The summed E-state index contributed by atoms with van der Waals surface area (Å²) in [5.41, 5.74) is 0.671. The maximum atomic E-state index is 12.9. The summed E-state index contributed by atoms with van der Waals surface area (Å²) < 4.78 is 27.3. The number of β-amino-alcohol motifs (C(OH)–C–C–N with tert-alkyl or cyclic N) is 1. The van der Waals surface area contributed by atoms with E-state index in [0.29, 0.717) is 5.56 Å². The summed E-state index contributed by atoms with van der Waals surface area (Å²) >= 11 is 0. The van der Waals surface area contributed by atoms with Gasteiger partial charge in [0.05, 0.1) is 32.4 Å². The average molecular weight is 622 g/mol. The van der Waals surface area contributed by atoms with Crippen LogP contribution >= 0.6 is 0 Å². The zero-order valence-electron chi connectivity index (χ0n) is 22.9. The number of likely N-dealkylation sites (tertiary alicyclic amines) is 1. The molecule has 1 aromatic rings. The van der Waals surface area contributed by atoms with Crippen LogP contribution in [0.4, 0.5) is 4.79 Å². The number of aliphatic hydroxyl groups excluding tert-OH is 10. The fourth-order valence-electron chi connectivity index (χ4n) is 5.28. The molecular weight excluding hydrogens is 582 g/mol. The fourth-order valence-corrected chi connectivity index (χ4v) is 5.28. The molecule has 3 aliphatic heterocycles. The van der Waals surface area contributed by atoms with Gasteiger partial charge in [-0.15, -0.1) is 0 Å². The number of carbonyl (C=O) groups excluding carboxylic acids is 1. The lowest BCUT2D eigenvalue weighted by molar-refractivity contribution is -0.368. The van der Waals surface area contributed by atoms with Crippen LogP contribution in [-0.4, -0.2) is 174 Å². The van der Waals surface area contributed by atoms with Crippen molar-refractivity contribution >= 4 is 6.09 Å². The number of ether oxygens (including phenoxy) is 5. The van der Waals surface area contributed by atoms with Gasteiger partial charge in [0.15, 0.2) is 12.6 Å². The predicted octanol–water partition coefficient (Wildman–Crippen LogP) is -5.27. The third-order valence-electron chi connectivity index (χ3n) is 7.77. The van der Waals surface area contributed by atoms with Crippen molar-refractivity contribution in [2.75, 3.05) is 26.4 Å². The highest BCUT2D eigenvalue weighted by Gasteiger charge is 2.53. The molecule has 3 saturated heterocycles. The third-order valence-corrected chi connectivity index (χ3v) is 7.77. The molecule has 0 aliphatic carbocycles. The molecule has 10 N–H and O–H groups in total. The Balaban J connectivity index is 1.45. The van der Waals surface area contributed by atoms with Crippen molar-refractivity contribution in [2.45, 2.75) is 92.4 Å². The van der Waals surface area contributed by atoms with Crippen LogP contribution in [0.2, 0.25) is 0 Å². The van der Waals surface area contributed by atoms with Gasteiger partial charge in [-0.05, 0) is 5.56 Å². The lowest BCUT2D eigenvalue weighted by Crippen LogP contribution is -2.68. The third kappa shape index (κ3) is 7.26. The van der Waals surface area contributed by atoms with E-state index in [1.807, 2.05) is 0 Å². The molecule has 0 aromatic heterocycles. The normalized spacial score (nSPS) is 42.0. The van der Waals surface area contributed by atoms with Crippen molar-refractivity contribution in [3.8, 4) is 0 Å². The molecule has 0 spiro atoms. The molecular formula is C26H39NO16. The van der Waals surface area contributed by atoms with Crippen LogP contribution in [0, 0.1) is 0 Å². The lowest BCUT2D eigenvalue weighted by atomic mass is 9.93. The van der Waals surface area contributed by atoms with Gasteiger partial charge < -0.3 is 74.7 Å². The van der Waals surface area contributed by atoms with Crippen LogP contribution in [0.1, 0.15) is 5.56 Å². The van der Waals surface area contributed by atoms with E-state index in [9.17, 15) is 55.9 Å². The summed E-state index contributed by atoms with van der Waals surface area (Å²) in [5, 5.41) is 103. The molecule has 244 valence electrons. The number of nitrogens with zero attached hydrogens (tertiary/aromatic N) is 1. The Bertz CT molecular complexity index is 1020. The SMILES string of the molecule is O=C(OCc1ccccc1)N1CC(O)C(O)C(OC2OC(CO)C(OC3OC(CO)C(O)C(O)C3O)C(O)C2O)C1CO. The summed E-state index contributed by atoms with van der Waals surface area (Å²) in [6, 6.07) is 7.40. The van der Waals surface area contributed by atoms with Crippen LogP contribution in [-0.2, 0) is 30.3 Å². The maximum absolute atomic E-state index is 12.9. The van der Waals surface area contributed by atoms with Gasteiger partial charge in [-0.3, -0.25) is 4.90 Å². The second-order valence-electron chi connectivity index (χ2n) is 10.6. The van der Waals surface area contributed by atoms with Crippen molar-refractivity contribution in [1.82, 2.24) is 4.90 Å². The number of aliphatic hydroxyl groups is 10. The molecule has 3 heterocycles. The van der Waals surface area contributed by atoms with Gasteiger partial charge >= 0.3 is 6.09 Å².